The molecule has 3 aromatic heterocycles. The van der Waals surface area contributed by atoms with Gasteiger partial charge >= 0.3 is 0 Å². The van der Waals surface area contributed by atoms with Gasteiger partial charge in [-0.1, -0.05) is 0 Å². The third kappa shape index (κ3) is 3.53. The summed E-state index contributed by atoms with van der Waals surface area (Å²) in [5, 5.41) is 12.9. The van der Waals surface area contributed by atoms with Crippen molar-refractivity contribution in [2.24, 2.45) is 5.14 Å². The van der Waals surface area contributed by atoms with E-state index in [-0.39, 0.29) is 21.9 Å². The molecule has 4 rings (SSSR count). The van der Waals surface area contributed by atoms with E-state index in [2.05, 4.69) is 15.3 Å². The maximum atomic E-state index is 11.3. The van der Waals surface area contributed by atoms with E-state index in [0.29, 0.717) is 5.13 Å². The number of aromatic nitrogens is 3. The Balaban J connectivity index is 0.00000196. The number of fused-ring (bicyclic) bond motifs is 1. The summed E-state index contributed by atoms with van der Waals surface area (Å²) in [7, 11) is -3.69. The summed E-state index contributed by atoms with van der Waals surface area (Å²) in [5.41, 5.74) is 3.49. The standard InChI is InChI=1S/C15H13N5O2S3.BrH/c1-9-13(20-6-7-23-15(20)17-9)12-8-24-14(19-12)18-10-2-4-11(5-3-10)25(16,21)22;/h2-8H,1H3,(H,18,19)(H2,16,21,22);1H. The van der Waals surface area contributed by atoms with Gasteiger partial charge in [0.05, 0.1) is 16.3 Å². The van der Waals surface area contributed by atoms with E-state index in [9.17, 15) is 8.42 Å². The van der Waals surface area contributed by atoms with Crippen LogP contribution in [0.5, 0.6) is 0 Å². The number of imidazole rings is 1. The average molecular weight is 472 g/mol. The van der Waals surface area contributed by atoms with Crippen molar-refractivity contribution in [3.63, 3.8) is 0 Å². The minimum absolute atomic E-state index is 0. The van der Waals surface area contributed by atoms with Gasteiger partial charge in [-0.15, -0.1) is 39.7 Å². The Hall–Kier alpha value is -1.79. The Morgan fingerprint density at radius 2 is 1.88 bits per heavy atom. The van der Waals surface area contributed by atoms with Crippen LogP contribution in [0, 0.1) is 6.92 Å². The van der Waals surface area contributed by atoms with Crippen molar-refractivity contribution in [1.29, 1.82) is 0 Å². The molecular weight excluding hydrogens is 458 g/mol. The van der Waals surface area contributed by atoms with E-state index in [1.165, 1.54) is 23.5 Å². The topological polar surface area (TPSA) is 102 Å². The summed E-state index contributed by atoms with van der Waals surface area (Å²) in [4.78, 5) is 10.2. The smallest absolute Gasteiger partial charge is 0.238 e. The molecule has 26 heavy (non-hydrogen) atoms. The lowest BCUT2D eigenvalue weighted by molar-refractivity contribution is 0.598. The van der Waals surface area contributed by atoms with Gasteiger partial charge in [-0.2, -0.15) is 0 Å². The van der Waals surface area contributed by atoms with Gasteiger partial charge in [-0.25, -0.2) is 23.5 Å². The van der Waals surface area contributed by atoms with Crippen molar-refractivity contribution in [1.82, 2.24) is 14.4 Å². The number of sulfonamides is 1. The van der Waals surface area contributed by atoms with Gasteiger partial charge in [0, 0.05) is 22.6 Å². The van der Waals surface area contributed by atoms with Gasteiger partial charge in [0.2, 0.25) is 10.0 Å². The minimum Gasteiger partial charge on any atom is -0.332 e. The molecule has 0 spiro atoms. The van der Waals surface area contributed by atoms with E-state index in [1.807, 2.05) is 28.3 Å². The van der Waals surface area contributed by atoms with Crippen molar-refractivity contribution in [3.8, 4) is 11.4 Å². The minimum atomic E-state index is -3.69. The van der Waals surface area contributed by atoms with Crippen molar-refractivity contribution < 1.29 is 8.42 Å². The molecule has 3 heterocycles. The number of anilines is 2. The fourth-order valence-corrected chi connectivity index (χ4v) is 4.48. The number of nitrogens with zero attached hydrogens (tertiary/aromatic N) is 3. The molecule has 0 atom stereocenters. The van der Waals surface area contributed by atoms with Gasteiger partial charge in [-0.05, 0) is 31.2 Å². The number of halogens is 1. The highest BCUT2D eigenvalue weighted by molar-refractivity contribution is 8.93. The molecule has 0 aliphatic carbocycles. The Morgan fingerprint density at radius 1 is 1.15 bits per heavy atom. The van der Waals surface area contributed by atoms with Crippen LogP contribution in [0.3, 0.4) is 0 Å². The Morgan fingerprint density at radius 3 is 2.58 bits per heavy atom. The lowest BCUT2D eigenvalue weighted by atomic mass is 10.3. The number of primary sulfonamides is 1. The maximum absolute atomic E-state index is 11.3. The predicted octanol–water partition coefficient (Wildman–Crippen LogP) is 3.80. The number of nitrogens with two attached hydrogens (primary N) is 1. The lowest BCUT2D eigenvalue weighted by Gasteiger charge is -2.03. The van der Waals surface area contributed by atoms with Crippen LogP contribution in [0.15, 0.2) is 46.1 Å². The fourth-order valence-electron chi connectivity index (χ4n) is 2.49. The zero-order chi connectivity index (χ0) is 17.6. The summed E-state index contributed by atoms with van der Waals surface area (Å²) in [6.45, 7) is 1.97. The molecule has 0 aliphatic heterocycles. The van der Waals surface area contributed by atoms with Crippen LogP contribution in [0.25, 0.3) is 16.3 Å². The zero-order valence-electron chi connectivity index (χ0n) is 13.4. The summed E-state index contributed by atoms with van der Waals surface area (Å²) >= 11 is 3.05. The van der Waals surface area contributed by atoms with E-state index in [1.54, 1.807) is 23.5 Å². The molecule has 11 heteroatoms. The first-order chi connectivity index (χ1) is 11.9. The number of aryl methyl sites for hydroxylation is 1. The highest BCUT2D eigenvalue weighted by Gasteiger charge is 2.15. The summed E-state index contributed by atoms with van der Waals surface area (Å²) < 4.78 is 24.6. The molecular formula is C15H14BrN5O2S3. The zero-order valence-corrected chi connectivity index (χ0v) is 17.6. The average Bonchev–Trinajstić information content (AvgIpc) is 3.23. The molecule has 0 saturated carbocycles. The first kappa shape index (κ1) is 19.0. The molecule has 7 nitrogen and oxygen atoms in total. The largest absolute Gasteiger partial charge is 0.332 e. The maximum Gasteiger partial charge on any atom is 0.238 e. The number of benzene rings is 1. The van der Waals surface area contributed by atoms with E-state index < -0.39 is 10.0 Å². The molecule has 0 unspecified atom stereocenters. The molecule has 0 fully saturated rings. The Kier molecular flexibility index (Phi) is 5.17. The number of rotatable bonds is 4. The molecule has 0 amide bonds. The molecule has 4 aromatic rings. The summed E-state index contributed by atoms with van der Waals surface area (Å²) in [6, 6.07) is 6.23. The molecule has 3 N–H and O–H groups in total. The first-order valence-corrected chi connectivity index (χ1v) is 10.5. The van der Waals surface area contributed by atoms with Crippen LogP contribution in [0.4, 0.5) is 10.8 Å². The van der Waals surface area contributed by atoms with Gasteiger partial charge in [-0.3, -0.25) is 4.40 Å². The molecule has 0 bridgehead atoms. The van der Waals surface area contributed by atoms with Crippen LogP contribution >= 0.6 is 39.7 Å². The van der Waals surface area contributed by atoms with Gasteiger partial charge in [0.25, 0.3) is 0 Å². The fraction of sp³-hybridized carbons (Fsp3) is 0.0667. The monoisotopic (exact) mass is 471 g/mol. The molecule has 0 aliphatic rings. The summed E-state index contributed by atoms with van der Waals surface area (Å²) in [5.74, 6) is 0. The second-order valence-corrected chi connectivity index (χ2v) is 8.63. The molecule has 1 aromatic carbocycles. The number of hydrogen-bond acceptors (Lipinski definition) is 7. The first-order valence-electron chi connectivity index (χ1n) is 7.20. The Labute approximate surface area is 168 Å². The third-order valence-corrected chi connectivity index (χ3v) is 6.06. The quantitative estimate of drug-likeness (QED) is 0.471. The molecule has 136 valence electrons. The molecule has 0 radical (unpaired) electrons. The molecule has 0 saturated heterocycles. The second kappa shape index (κ2) is 7.08. The number of thiazole rings is 2. The highest BCUT2D eigenvalue weighted by Crippen LogP contribution is 2.31. The van der Waals surface area contributed by atoms with Crippen LogP contribution in [0.2, 0.25) is 0 Å². The van der Waals surface area contributed by atoms with E-state index >= 15 is 0 Å². The highest BCUT2D eigenvalue weighted by atomic mass is 79.9. The third-order valence-electron chi connectivity index (χ3n) is 3.62. The van der Waals surface area contributed by atoms with E-state index in [0.717, 1.165) is 27.7 Å². The lowest BCUT2D eigenvalue weighted by Crippen LogP contribution is -2.11. The van der Waals surface area contributed by atoms with Crippen molar-refractivity contribution in [3.05, 3.63) is 46.9 Å². The van der Waals surface area contributed by atoms with Crippen LogP contribution in [0.1, 0.15) is 5.69 Å². The van der Waals surface area contributed by atoms with Crippen molar-refractivity contribution in [2.45, 2.75) is 11.8 Å². The van der Waals surface area contributed by atoms with Crippen LogP contribution in [-0.4, -0.2) is 22.8 Å². The van der Waals surface area contributed by atoms with E-state index in [4.69, 9.17) is 5.14 Å². The van der Waals surface area contributed by atoms with Crippen LogP contribution < -0.4 is 10.5 Å². The SMILES string of the molecule is Br.Cc1nc2sccn2c1-c1csc(Nc2ccc(S(N)(=O)=O)cc2)n1. The van der Waals surface area contributed by atoms with Gasteiger partial charge < -0.3 is 5.32 Å². The van der Waals surface area contributed by atoms with Gasteiger partial charge in [0.15, 0.2) is 10.1 Å². The number of hydrogen-bond donors (Lipinski definition) is 2. The van der Waals surface area contributed by atoms with Crippen LogP contribution in [-0.2, 0) is 10.0 Å². The summed E-state index contributed by atoms with van der Waals surface area (Å²) in [6.07, 6.45) is 1.98. The van der Waals surface area contributed by atoms with Gasteiger partial charge in [0.1, 0.15) is 5.69 Å². The second-order valence-electron chi connectivity index (χ2n) is 5.33. The Bertz CT molecular complexity index is 1160. The van der Waals surface area contributed by atoms with Crippen molar-refractivity contribution in [2.75, 3.05) is 5.32 Å². The predicted molar refractivity (Wildman–Crippen MR) is 110 cm³/mol. The number of nitrogens with one attached hydrogen (secondary N) is 1. The van der Waals surface area contributed by atoms with Crippen molar-refractivity contribution >= 4 is 65.5 Å². The normalized spacial score (nSPS) is 11.5.